The number of rotatable bonds is 0. The minimum absolute atomic E-state index is 0.546. The van der Waals surface area contributed by atoms with E-state index in [1.165, 1.54) is 0 Å². The fraction of sp³-hybridized carbons (Fsp3) is 0.125. The van der Waals surface area contributed by atoms with Crippen molar-refractivity contribution < 1.29 is 0 Å². The van der Waals surface area contributed by atoms with Crippen LogP contribution in [-0.2, 0) is 0 Å². The fourth-order valence-electron chi connectivity index (χ4n) is 1.15. The monoisotopic (exact) mass is 166 g/mol. The van der Waals surface area contributed by atoms with Crippen LogP contribution in [0.5, 0.6) is 0 Å². The second-order valence-corrected chi connectivity index (χ2v) is 2.85. The van der Waals surface area contributed by atoms with Gasteiger partial charge in [-0.3, -0.25) is 0 Å². The molecular formula is C8H7ClN2. The molecule has 0 saturated heterocycles. The molecule has 56 valence electrons. The number of nitrogens with zero attached hydrogens (tertiary/aromatic N) is 1. The Morgan fingerprint density at radius 1 is 1.55 bits per heavy atom. The number of aryl methyl sites for hydroxylation is 1. The lowest BCUT2D eigenvalue weighted by molar-refractivity contribution is 1.22. The standard InChI is InChI=1S/C8H7ClN2/c1-5-4-6-2-3-10-7(6)8(9)11-5/h2-4,10H,1H3. The number of nitrogens with one attached hydrogen (secondary N) is 1. The summed E-state index contributed by atoms with van der Waals surface area (Å²) >= 11 is 5.86. The highest BCUT2D eigenvalue weighted by molar-refractivity contribution is 6.33. The fourth-order valence-corrected chi connectivity index (χ4v) is 1.45. The summed E-state index contributed by atoms with van der Waals surface area (Å²) in [4.78, 5) is 7.13. The molecule has 0 atom stereocenters. The van der Waals surface area contributed by atoms with Crippen LogP contribution in [0.3, 0.4) is 0 Å². The van der Waals surface area contributed by atoms with Crippen molar-refractivity contribution in [3.05, 3.63) is 29.2 Å². The first kappa shape index (κ1) is 6.68. The smallest absolute Gasteiger partial charge is 0.153 e. The van der Waals surface area contributed by atoms with E-state index in [1.54, 1.807) is 0 Å². The summed E-state index contributed by atoms with van der Waals surface area (Å²) in [5.41, 5.74) is 1.86. The maximum atomic E-state index is 5.86. The van der Waals surface area contributed by atoms with Crippen molar-refractivity contribution in [2.24, 2.45) is 0 Å². The number of halogens is 1. The van der Waals surface area contributed by atoms with Gasteiger partial charge < -0.3 is 4.98 Å². The summed E-state index contributed by atoms with van der Waals surface area (Å²) in [6.45, 7) is 1.93. The molecule has 0 spiro atoms. The Morgan fingerprint density at radius 2 is 2.36 bits per heavy atom. The van der Waals surface area contributed by atoms with Crippen LogP contribution in [0.4, 0.5) is 0 Å². The third-order valence-corrected chi connectivity index (χ3v) is 1.90. The van der Waals surface area contributed by atoms with Gasteiger partial charge in [-0.1, -0.05) is 11.6 Å². The van der Waals surface area contributed by atoms with Crippen molar-refractivity contribution in [3.8, 4) is 0 Å². The molecule has 2 aromatic heterocycles. The first-order valence-corrected chi connectivity index (χ1v) is 3.75. The minimum Gasteiger partial charge on any atom is -0.359 e. The maximum absolute atomic E-state index is 5.86. The zero-order chi connectivity index (χ0) is 7.84. The lowest BCUT2D eigenvalue weighted by atomic mass is 10.3. The molecule has 0 radical (unpaired) electrons. The number of aromatic amines is 1. The highest BCUT2D eigenvalue weighted by atomic mass is 35.5. The third kappa shape index (κ3) is 0.994. The van der Waals surface area contributed by atoms with Crippen LogP contribution in [0.1, 0.15) is 5.69 Å². The minimum atomic E-state index is 0.546. The van der Waals surface area contributed by atoms with E-state index >= 15 is 0 Å². The topological polar surface area (TPSA) is 28.7 Å². The molecule has 0 amide bonds. The molecule has 2 heterocycles. The van der Waals surface area contributed by atoms with E-state index in [1.807, 2.05) is 25.3 Å². The molecule has 0 fully saturated rings. The molecule has 0 aliphatic rings. The van der Waals surface area contributed by atoms with Gasteiger partial charge >= 0.3 is 0 Å². The molecule has 0 bridgehead atoms. The highest BCUT2D eigenvalue weighted by Crippen LogP contribution is 2.20. The molecular weight excluding hydrogens is 160 g/mol. The van der Waals surface area contributed by atoms with Crippen LogP contribution in [0.15, 0.2) is 18.3 Å². The summed E-state index contributed by atoms with van der Waals surface area (Å²) in [7, 11) is 0. The molecule has 3 heteroatoms. The maximum Gasteiger partial charge on any atom is 0.153 e. The van der Waals surface area contributed by atoms with Crippen molar-refractivity contribution in [2.45, 2.75) is 6.92 Å². The average Bonchev–Trinajstić information content (AvgIpc) is 2.34. The van der Waals surface area contributed by atoms with Crippen molar-refractivity contribution in [1.82, 2.24) is 9.97 Å². The predicted molar refractivity (Wildman–Crippen MR) is 45.8 cm³/mol. The molecule has 0 aliphatic carbocycles. The quantitative estimate of drug-likeness (QED) is 0.599. The summed E-state index contributed by atoms with van der Waals surface area (Å²) in [6.07, 6.45) is 1.86. The zero-order valence-electron chi connectivity index (χ0n) is 6.06. The Balaban J connectivity index is 2.91. The number of pyridine rings is 1. The summed E-state index contributed by atoms with van der Waals surface area (Å²) < 4.78 is 0. The van der Waals surface area contributed by atoms with Gasteiger partial charge in [-0.05, 0) is 19.1 Å². The van der Waals surface area contributed by atoms with Gasteiger partial charge in [-0.15, -0.1) is 0 Å². The van der Waals surface area contributed by atoms with E-state index in [4.69, 9.17) is 11.6 Å². The number of H-pyrrole nitrogens is 1. The SMILES string of the molecule is Cc1cc2cc[nH]c2c(Cl)n1. The molecule has 0 aromatic carbocycles. The van der Waals surface area contributed by atoms with Crippen LogP contribution in [0.25, 0.3) is 10.9 Å². The number of aromatic nitrogens is 2. The Kier molecular flexibility index (Phi) is 1.36. The molecule has 2 aromatic rings. The van der Waals surface area contributed by atoms with Crippen molar-refractivity contribution in [3.63, 3.8) is 0 Å². The molecule has 2 rings (SSSR count). The molecule has 2 nitrogen and oxygen atoms in total. The predicted octanol–water partition coefficient (Wildman–Crippen LogP) is 2.52. The van der Waals surface area contributed by atoms with Crippen molar-refractivity contribution >= 4 is 22.5 Å². The molecule has 1 N–H and O–H groups in total. The number of hydrogen-bond donors (Lipinski definition) is 1. The summed E-state index contributed by atoms with van der Waals surface area (Å²) in [5, 5.41) is 1.66. The molecule has 0 saturated carbocycles. The van der Waals surface area contributed by atoms with Gasteiger partial charge in [0.15, 0.2) is 5.15 Å². The number of hydrogen-bond acceptors (Lipinski definition) is 1. The van der Waals surface area contributed by atoms with E-state index in [0.717, 1.165) is 16.6 Å². The van der Waals surface area contributed by atoms with Crippen LogP contribution >= 0.6 is 11.6 Å². The van der Waals surface area contributed by atoms with Crippen LogP contribution in [0, 0.1) is 6.92 Å². The van der Waals surface area contributed by atoms with Gasteiger partial charge in [0.05, 0.1) is 5.52 Å². The normalized spacial score (nSPS) is 10.7. The molecule has 0 unspecified atom stereocenters. The zero-order valence-corrected chi connectivity index (χ0v) is 6.81. The number of fused-ring (bicyclic) bond motifs is 1. The van der Waals surface area contributed by atoms with Gasteiger partial charge in [0.1, 0.15) is 0 Å². The van der Waals surface area contributed by atoms with Gasteiger partial charge in [0.2, 0.25) is 0 Å². The van der Waals surface area contributed by atoms with E-state index in [9.17, 15) is 0 Å². The second-order valence-electron chi connectivity index (χ2n) is 2.50. The third-order valence-electron chi connectivity index (χ3n) is 1.62. The van der Waals surface area contributed by atoms with Crippen molar-refractivity contribution in [2.75, 3.05) is 0 Å². The van der Waals surface area contributed by atoms with Crippen LogP contribution in [0.2, 0.25) is 5.15 Å². The first-order chi connectivity index (χ1) is 5.27. The average molecular weight is 167 g/mol. The van der Waals surface area contributed by atoms with Gasteiger partial charge in [-0.25, -0.2) is 4.98 Å². The van der Waals surface area contributed by atoms with Crippen LogP contribution < -0.4 is 0 Å². The molecule has 11 heavy (non-hydrogen) atoms. The van der Waals surface area contributed by atoms with E-state index < -0.39 is 0 Å². The Morgan fingerprint density at radius 3 is 3.18 bits per heavy atom. The largest absolute Gasteiger partial charge is 0.359 e. The Labute approximate surface area is 69.2 Å². The van der Waals surface area contributed by atoms with Gasteiger partial charge in [-0.2, -0.15) is 0 Å². The summed E-state index contributed by atoms with van der Waals surface area (Å²) in [6, 6.07) is 3.98. The van der Waals surface area contributed by atoms with Gasteiger partial charge in [0, 0.05) is 17.3 Å². The Hall–Kier alpha value is -1.02. The van der Waals surface area contributed by atoms with E-state index in [-0.39, 0.29) is 0 Å². The van der Waals surface area contributed by atoms with Crippen molar-refractivity contribution in [1.29, 1.82) is 0 Å². The first-order valence-electron chi connectivity index (χ1n) is 3.37. The van der Waals surface area contributed by atoms with E-state index in [2.05, 4.69) is 9.97 Å². The molecule has 0 aliphatic heterocycles. The Bertz CT molecular complexity index is 392. The van der Waals surface area contributed by atoms with E-state index in [0.29, 0.717) is 5.15 Å². The van der Waals surface area contributed by atoms with Crippen LogP contribution in [-0.4, -0.2) is 9.97 Å². The lowest BCUT2D eigenvalue weighted by Crippen LogP contribution is -1.81. The highest BCUT2D eigenvalue weighted by Gasteiger charge is 2.00. The summed E-state index contributed by atoms with van der Waals surface area (Å²) in [5.74, 6) is 0. The van der Waals surface area contributed by atoms with Gasteiger partial charge in [0.25, 0.3) is 0 Å². The lowest BCUT2D eigenvalue weighted by Gasteiger charge is -1.94. The second kappa shape index (κ2) is 2.24.